The smallest absolute Gasteiger partial charge is 0.207 e. The lowest BCUT2D eigenvalue weighted by atomic mass is 9.93. The number of nitrogens with one attached hydrogen (secondary N) is 3. The minimum Gasteiger partial charge on any atom is -0.384 e. The van der Waals surface area contributed by atoms with Crippen LogP contribution in [0.4, 0.5) is 5.69 Å². The Labute approximate surface area is 227 Å². The van der Waals surface area contributed by atoms with Crippen LogP contribution in [0.2, 0.25) is 0 Å². The molecule has 0 spiro atoms. The molecule has 0 radical (unpaired) electrons. The lowest BCUT2D eigenvalue weighted by molar-refractivity contribution is -0.109. The normalized spacial score (nSPS) is 17.6. The summed E-state index contributed by atoms with van der Waals surface area (Å²) < 4.78 is 0. The van der Waals surface area contributed by atoms with Crippen molar-refractivity contribution in [1.29, 1.82) is 0 Å². The molecular formula is C32H54N4O. The third-order valence-electron chi connectivity index (χ3n) is 6.73. The lowest BCUT2D eigenvalue weighted by Crippen LogP contribution is -2.32. The summed E-state index contributed by atoms with van der Waals surface area (Å²) in [5.41, 5.74) is 5.82. The van der Waals surface area contributed by atoms with E-state index in [9.17, 15) is 4.79 Å². The largest absolute Gasteiger partial charge is 0.384 e. The Morgan fingerprint density at radius 2 is 1.78 bits per heavy atom. The lowest BCUT2D eigenvalue weighted by Gasteiger charge is -2.24. The summed E-state index contributed by atoms with van der Waals surface area (Å²) >= 11 is 0. The standard InChI is InChI=1S/C23H31N3.C5H11NO.2C2H6/c1-2-24-12-11-22-15-21(17-26(22)16-18-6-4-3-5-7-18)19-8-9-23-20(14-19)10-13-25-23;1-2-3-4-6-5-7;2*1-2/h3-9,14,21-22,24-25H,2,10-13,15-17H2,1H3;5H,2-4H2,1H3,(H,6,7);2*1-2H3. The van der Waals surface area contributed by atoms with Crippen molar-refractivity contribution in [3.05, 3.63) is 65.2 Å². The van der Waals surface area contributed by atoms with Gasteiger partial charge in [0.25, 0.3) is 0 Å². The van der Waals surface area contributed by atoms with E-state index in [-0.39, 0.29) is 0 Å². The van der Waals surface area contributed by atoms with Crippen LogP contribution in [0.5, 0.6) is 0 Å². The molecule has 208 valence electrons. The minimum atomic E-state index is 0.663. The van der Waals surface area contributed by atoms with Crippen molar-refractivity contribution in [2.75, 3.05) is 38.0 Å². The number of benzene rings is 2. The van der Waals surface area contributed by atoms with E-state index < -0.39 is 0 Å². The van der Waals surface area contributed by atoms with E-state index in [1.165, 1.54) is 48.2 Å². The molecule has 1 fully saturated rings. The number of unbranched alkanes of at least 4 members (excludes halogenated alkanes) is 1. The molecule has 3 N–H and O–H groups in total. The molecule has 2 aliphatic heterocycles. The highest BCUT2D eigenvalue weighted by Crippen LogP contribution is 2.36. The Hall–Kier alpha value is -2.37. The maximum atomic E-state index is 9.57. The van der Waals surface area contributed by atoms with Gasteiger partial charge in [-0.05, 0) is 67.4 Å². The number of rotatable bonds is 11. The van der Waals surface area contributed by atoms with Crippen LogP contribution >= 0.6 is 0 Å². The molecule has 2 aliphatic rings. The summed E-state index contributed by atoms with van der Waals surface area (Å²) in [5, 5.41) is 9.57. The second kappa shape index (κ2) is 20.7. The number of hydrogen-bond donors (Lipinski definition) is 3. The number of anilines is 1. The third kappa shape index (κ3) is 11.7. The van der Waals surface area contributed by atoms with E-state index in [0.29, 0.717) is 12.0 Å². The van der Waals surface area contributed by atoms with Crippen molar-refractivity contribution in [1.82, 2.24) is 15.5 Å². The van der Waals surface area contributed by atoms with Crippen LogP contribution in [0.25, 0.3) is 0 Å². The SMILES string of the molecule is CC.CC.CCCCNC=O.CCNCCC1CC(c2ccc3c(c2)CCN3)CN1Cc1ccccc1. The zero-order chi connectivity index (χ0) is 27.3. The van der Waals surface area contributed by atoms with Crippen LogP contribution in [0.3, 0.4) is 0 Å². The van der Waals surface area contributed by atoms with Crippen LogP contribution in [0.15, 0.2) is 48.5 Å². The van der Waals surface area contributed by atoms with Gasteiger partial charge in [-0.25, -0.2) is 0 Å². The highest BCUT2D eigenvalue weighted by Gasteiger charge is 2.32. The van der Waals surface area contributed by atoms with Gasteiger partial charge in [-0.1, -0.05) is 90.4 Å². The highest BCUT2D eigenvalue weighted by molar-refractivity contribution is 5.57. The number of carbonyl (C=O) groups excluding carboxylic acids is 1. The first-order valence-electron chi connectivity index (χ1n) is 14.8. The van der Waals surface area contributed by atoms with Gasteiger partial charge in [0.05, 0.1) is 0 Å². The molecule has 2 heterocycles. The molecule has 1 saturated heterocycles. The fourth-order valence-electron chi connectivity index (χ4n) is 4.90. The molecule has 0 aliphatic carbocycles. The van der Waals surface area contributed by atoms with Crippen LogP contribution < -0.4 is 16.0 Å². The second-order valence-corrected chi connectivity index (χ2v) is 9.16. The van der Waals surface area contributed by atoms with Crippen LogP contribution in [0.1, 0.15) is 89.8 Å². The molecule has 0 bridgehead atoms. The van der Waals surface area contributed by atoms with Gasteiger partial charge in [-0.3, -0.25) is 9.69 Å². The van der Waals surface area contributed by atoms with E-state index in [1.54, 1.807) is 0 Å². The first-order chi connectivity index (χ1) is 18.2. The second-order valence-electron chi connectivity index (χ2n) is 9.16. The maximum Gasteiger partial charge on any atom is 0.207 e. The van der Waals surface area contributed by atoms with Crippen molar-refractivity contribution in [2.24, 2.45) is 0 Å². The average Bonchev–Trinajstić information content (AvgIpc) is 3.59. The Morgan fingerprint density at radius 3 is 2.46 bits per heavy atom. The van der Waals surface area contributed by atoms with Gasteiger partial charge in [0.2, 0.25) is 6.41 Å². The van der Waals surface area contributed by atoms with Gasteiger partial charge in [0, 0.05) is 37.9 Å². The quantitative estimate of drug-likeness (QED) is 0.236. The molecule has 4 rings (SSSR count). The van der Waals surface area contributed by atoms with Gasteiger partial charge in [-0.2, -0.15) is 0 Å². The number of carbonyl (C=O) groups is 1. The van der Waals surface area contributed by atoms with Gasteiger partial charge in [-0.15, -0.1) is 0 Å². The summed E-state index contributed by atoms with van der Waals surface area (Å²) in [7, 11) is 0. The molecule has 5 heteroatoms. The number of hydrogen-bond acceptors (Lipinski definition) is 4. The number of likely N-dealkylation sites (tertiary alicyclic amines) is 1. The van der Waals surface area contributed by atoms with E-state index in [4.69, 9.17) is 0 Å². The molecule has 1 amide bonds. The zero-order valence-corrected chi connectivity index (χ0v) is 24.5. The molecule has 2 unspecified atom stereocenters. The topological polar surface area (TPSA) is 56.4 Å². The third-order valence-corrected chi connectivity index (χ3v) is 6.73. The fourth-order valence-corrected chi connectivity index (χ4v) is 4.90. The Morgan fingerprint density at radius 1 is 1.03 bits per heavy atom. The molecular weight excluding hydrogens is 456 g/mol. The van der Waals surface area contributed by atoms with Crippen molar-refractivity contribution in [3.8, 4) is 0 Å². The van der Waals surface area contributed by atoms with Gasteiger partial charge in [0.1, 0.15) is 0 Å². The van der Waals surface area contributed by atoms with Gasteiger partial charge < -0.3 is 16.0 Å². The summed E-state index contributed by atoms with van der Waals surface area (Å²) in [6.45, 7) is 18.6. The predicted octanol–water partition coefficient (Wildman–Crippen LogP) is 6.60. The summed E-state index contributed by atoms with van der Waals surface area (Å²) in [6, 6.07) is 18.7. The van der Waals surface area contributed by atoms with Gasteiger partial charge in [0.15, 0.2) is 0 Å². The van der Waals surface area contributed by atoms with Crippen molar-refractivity contribution in [2.45, 2.75) is 92.2 Å². The van der Waals surface area contributed by atoms with E-state index in [0.717, 1.165) is 52.0 Å². The molecule has 0 aromatic heterocycles. The van der Waals surface area contributed by atoms with Crippen LogP contribution in [0, 0.1) is 0 Å². The van der Waals surface area contributed by atoms with E-state index >= 15 is 0 Å². The van der Waals surface area contributed by atoms with Crippen molar-refractivity contribution < 1.29 is 4.79 Å². The Balaban J connectivity index is 0.000000535. The van der Waals surface area contributed by atoms with E-state index in [2.05, 4.69) is 83.2 Å². The van der Waals surface area contributed by atoms with Crippen LogP contribution in [-0.2, 0) is 17.8 Å². The van der Waals surface area contributed by atoms with Gasteiger partial charge >= 0.3 is 0 Å². The van der Waals surface area contributed by atoms with E-state index in [1.807, 2.05) is 27.7 Å². The first kappa shape index (κ1) is 32.7. The fraction of sp³-hybridized carbons (Fsp3) is 0.594. The average molecular weight is 511 g/mol. The van der Waals surface area contributed by atoms with Crippen molar-refractivity contribution >= 4 is 12.1 Å². The first-order valence-corrected chi connectivity index (χ1v) is 14.8. The highest BCUT2D eigenvalue weighted by atomic mass is 16.1. The number of nitrogens with zero attached hydrogens (tertiary/aromatic N) is 1. The monoisotopic (exact) mass is 510 g/mol. The van der Waals surface area contributed by atoms with Crippen LogP contribution in [-0.4, -0.2) is 50.1 Å². The molecule has 37 heavy (non-hydrogen) atoms. The molecule has 2 atom stereocenters. The zero-order valence-electron chi connectivity index (χ0n) is 24.5. The number of amides is 1. The summed E-state index contributed by atoms with van der Waals surface area (Å²) in [5.74, 6) is 0.663. The predicted molar refractivity (Wildman–Crippen MR) is 161 cm³/mol. The Kier molecular flexibility index (Phi) is 18.2. The maximum absolute atomic E-state index is 9.57. The minimum absolute atomic E-state index is 0.663. The molecule has 0 saturated carbocycles. The molecule has 2 aromatic carbocycles. The Bertz CT molecular complexity index is 827. The number of fused-ring (bicyclic) bond motifs is 1. The van der Waals surface area contributed by atoms with Crippen molar-refractivity contribution in [3.63, 3.8) is 0 Å². The summed E-state index contributed by atoms with van der Waals surface area (Å²) in [6.07, 6.45) is 6.65. The molecule has 5 nitrogen and oxygen atoms in total. The molecule has 2 aromatic rings. The summed E-state index contributed by atoms with van der Waals surface area (Å²) in [4.78, 5) is 12.3.